The molecular formula is C16H21NO2. The molecule has 0 unspecified atom stereocenters. The molecule has 102 valence electrons. The van der Waals surface area contributed by atoms with E-state index in [4.69, 9.17) is 9.47 Å². The largest absolute Gasteiger partial charge is 0.493 e. The van der Waals surface area contributed by atoms with Gasteiger partial charge in [-0.15, -0.1) is 0 Å². The predicted octanol–water partition coefficient (Wildman–Crippen LogP) is 3.01. The second-order valence-corrected chi connectivity index (χ2v) is 4.49. The van der Waals surface area contributed by atoms with E-state index in [-0.39, 0.29) is 0 Å². The van der Waals surface area contributed by atoms with Gasteiger partial charge in [0.2, 0.25) is 0 Å². The Morgan fingerprint density at radius 2 is 1.63 bits per heavy atom. The highest BCUT2D eigenvalue weighted by Gasteiger charge is 2.06. The summed E-state index contributed by atoms with van der Waals surface area (Å²) in [5.41, 5.74) is 1.33. The van der Waals surface area contributed by atoms with Crippen molar-refractivity contribution in [2.24, 2.45) is 0 Å². The van der Waals surface area contributed by atoms with E-state index in [0.717, 1.165) is 31.0 Å². The number of nitrogens with one attached hydrogen (secondary N) is 1. The Labute approximate surface area is 114 Å². The number of ether oxygens (including phenoxy) is 2. The van der Waals surface area contributed by atoms with Crippen LogP contribution in [0.2, 0.25) is 0 Å². The summed E-state index contributed by atoms with van der Waals surface area (Å²) in [5, 5.41) is 5.70. The van der Waals surface area contributed by atoms with Gasteiger partial charge in [0.25, 0.3) is 0 Å². The summed E-state index contributed by atoms with van der Waals surface area (Å²) in [6.45, 7) is 4.14. The SMILES string of the molecule is CCNCCc1ccc2cc(OC)c(OC)cc2c1. The summed E-state index contributed by atoms with van der Waals surface area (Å²) in [6, 6.07) is 10.6. The molecule has 3 heteroatoms. The molecule has 0 aliphatic carbocycles. The Bertz CT molecular complexity index is 552. The number of likely N-dealkylation sites (N-methyl/N-ethyl adjacent to an activating group) is 1. The van der Waals surface area contributed by atoms with Gasteiger partial charge in [0, 0.05) is 0 Å². The molecule has 0 spiro atoms. The molecule has 0 aliphatic heterocycles. The Morgan fingerprint density at radius 1 is 0.947 bits per heavy atom. The van der Waals surface area contributed by atoms with Crippen LogP contribution in [0.3, 0.4) is 0 Å². The van der Waals surface area contributed by atoms with Gasteiger partial charge >= 0.3 is 0 Å². The van der Waals surface area contributed by atoms with E-state index in [1.165, 1.54) is 16.3 Å². The highest BCUT2D eigenvalue weighted by atomic mass is 16.5. The van der Waals surface area contributed by atoms with Gasteiger partial charge in [-0.2, -0.15) is 0 Å². The van der Waals surface area contributed by atoms with Crippen LogP contribution in [-0.2, 0) is 6.42 Å². The van der Waals surface area contributed by atoms with Crippen LogP contribution in [0.1, 0.15) is 12.5 Å². The molecule has 19 heavy (non-hydrogen) atoms. The lowest BCUT2D eigenvalue weighted by atomic mass is 10.0. The smallest absolute Gasteiger partial charge is 0.161 e. The summed E-state index contributed by atoms with van der Waals surface area (Å²) in [6.07, 6.45) is 1.04. The molecule has 0 amide bonds. The van der Waals surface area contributed by atoms with E-state index in [1.807, 2.05) is 12.1 Å². The quantitative estimate of drug-likeness (QED) is 0.809. The van der Waals surface area contributed by atoms with Crippen molar-refractivity contribution in [2.45, 2.75) is 13.3 Å². The van der Waals surface area contributed by atoms with Gasteiger partial charge in [0.05, 0.1) is 14.2 Å². The fraction of sp³-hybridized carbons (Fsp3) is 0.375. The maximum Gasteiger partial charge on any atom is 0.161 e. The minimum Gasteiger partial charge on any atom is -0.493 e. The van der Waals surface area contributed by atoms with Crippen LogP contribution in [0.4, 0.5) is 0 Å². The van der Waals surface area contributed by atoms with E-state index in [9.17, 15) is 0 Å². The molecular weight excluding hydrogens is 238 g/mol. The Morgan fingerprint density at radius 3 is 2.26 bits per heavy atom. The molecule has 0 radical (unpaired) electrons. The maximum absolute atomic E-state index is 5.35. The first kappa shape index (κ1) is 13.7. The molecule has 0 saturated carbocycles. The first-order valence-corrected chi connectivity index (χ1v) is 6.64. The summed E-state index contributed by atoms with van der Waals surface area (Å²) < 4.78 is 10.7. The average molecular weight is 259 g/mol. The van der Waals surface area contributed by atoms with Crippen molar-refractivity contribution < 1.29 is 9.47 Å². The van der Waals surface area contributed by atoms with Crippen LogP contribution in [0.25, 0.3) is 10.8 Å². The number of rotatable bonds is 6. The Balaban J connectivity index is 2.31. The molecule has 1 N–H and O–H groups in total. The topological polar surface area (TPSA) is 30.5 Å². The third-order valence-electron chi connectivity index (χ3n) is 3.25. The monoisotopic (exact) mass is 259 g/mol. The normalized spacial score (nSPS) is 10.7. The third-order valence-corrected chi connectivity index (χ3v) is 3.25. The molecule has 2 aromatic carbocycles. The number of fused-ring (bicyclic) bond motifs is 1. The van der Waals surface area contributed by atoms with Crippen LogP contribution in [0.15, 0.2) is 30.3 Å². The minimum atomic E-state index is 0.774. The lowest BCUT2D eigenvalue weighted by molar-refractivity contribution is 0.356. The van der Waals surface area contributed by atoms with Gasteiger partial charge in [-0.1, -0.05) is 25.1 Å². The van der Waals surface area contributed by atoms with Crippen molar-refractivity contribution in [3.05, 3.63) is 35.9 Å². The first-order chi connectivity index (χ1) is 9.28. The number of hydrogen-bond donors (Lipinski definition) is 1. The fourth-order valence-electron chi connectivity index (χ4n) is 2.19. The molecule has 0 aliphatic rings. The zero-order chi connectivity index (χ0) is 13.7. The summed E-state index contributed by atoms with van der Waals surface area (Å²) >= 11 is 0. The summed E-state index contributed by atoms with van der Waals surface area (Å²) in [7, 11) is 3.33. The van der Waals surface area contributed by atoms with Crippen molar-refractivity contribution in [3.63, 3.8) is 0 Å². The Kier molecular flexibility index (Phi) is 4.63. The molecule has 2 aromatic rings. The zero-order valence-electron chi connectivity index (χ0n) is 11.8. The number of hydrogen-bond acceptors (Lipinski definition) is 3. The van der Waals surface area contributed by atoms with Crippen LogP contribution in [0.5, 0.6) is 11.5 Å². The molecule has 0 atom stereocenters. The van der Waals surface area contributed by atoms with Gasteiger partial charge in [0.1, 0.15) is 0 Å². The van der Waals surface area contributed by atoms with Crippen molar-refractivity contribution in [1.82, 2.24) is 5.32 Å². The molecule has 2 rings (SSSR count). The molecule has 0 fully saturated rings. The minimum absolute atomic E-state index is 0.774. The van der Waals surface area contributed by atoms with E-state index in [1.54, 1.807) is 14.2 Å². The second-order valence-electron chi connectivity index (χ2n) is 4.49. The van der Waals surface area contributed by atoms with Crippen LogP contribution >= 0.6 is 0 Å². The van der Waals surface area contributed by atoms with E-state index in [2.05, 4.69) is 30.4 Å². The predicted molar refractivity (Wildman–Crippen MR) is 79.3 cm³/mol. The fourth-order valence-corrected chi connectivity index (χ4v) is 2.19. The lowest BCUT2D eigenvalue weighted by Crippen LogP contribution is -2.15. The first-order valence-electron chi connectivity index (χ1n) is 6.64. The van der Waals surface area contributed by atoms with Gasteiger partial charge in [-0.05, 0) is 48.0 Å². The molecule has 0 aromatic heterocycles. The maximum atomic E-state index is 5.35. The van der Waals surface area contributed by atoms with Crippen LogP contribution in [0, 0.1) is 0 Å². The van der Waals surface area contributed by atoms with E-state index in [0.29, 0.717) is 0 Å². The third kappa shape index (κ3) is 3.18. The van der Waals surface area contributed by atoms with Gasteiger partial charge in [-0.3, -0.25) is 0 Å². The highest BCUT2D eigenvalue weighted by Crippen LogP contribution is 2.32. The Hall–Kier alpha value is -1.74. The molecule has 0 heterocycles. The average Bonchev–Trinajstić information content (AvgIpc) is 2.46. The van der Waals surface area contributed by atoms with Crippen molar-refractivity contribution in [1.29, 1.82) is 0 Å². The standard InChI is InChI=1S/C16H21NO2/c1-4-17-8-7-12-5-6-13-10-15(18-2)16(19-3)11-14(13)9-12/h5-6,9-11,17H,4,7-8H2,1-3H3. The zero-order valence-corrected chi connectivity index (χ0v) is 11.8. The number of methoxy groups -OCH3 is 2. The molecule has 0 bridgehead atoms. The van der Waals surface area contributed by atoms with Gasteiger partial charge in [0.15, 0.2) is 11.5 Å². The van der Waals surface area contributed by atoms with Crippen LogP contribution < -0.4 is 14.8 Å². The van der Waals surface area contributed by atoms with Crippen molar-refractivity contribution in [3.8, 4) is 11.5 Å². The van der Waals surface area contributed by atoms with Gasteiger partial charge < -0.3 is 14.8 Å². The second kappa shape index (κ2) is 6.43. The van der Waals surface area contributed by atoms with Gasteiger partial charge in [-0.25, -0.2) is 0 Å². The summed E-state index contributed by atoms with van der Waals surface area (Å²) in [4.78, 5) is 0. The van der Waals surface area contributed by atoms with Crippen molar-refractivity contribution >= 4 is 10.8 Å². The molecule has 0 saturated heterocycles. The summed E-state index contributed by atoms with van der Waals surface area (Å²) in [5.74, 6) is 1.55. The van der Waals surface area contributed by atoms with Crippen molar-refractivity contribution in [2.75, 3.05) is 27.3 Å². The molecule has 3 nitrogen and oxygen atoms in total. The van der Waals surface area contributed by atoms with E-state index < -0.39 is 0 Å². The highest BCUT2D eigenvalue weighted by molar-refractivity contribution is 5.86. The van der Waals surface area contributed by atoms with E-state index >= 15 is 0 Å². The lowest BCUT2D eigenvalue weighted by Gasteiger charge is -2.10. The number of benzene rings is 2. The van der Waals surface area contributed by atoms with Crippen LogP contribution in [-0.4, -0.2) is 27.3 Å².